The standard InChI is InChI=1S/C18H22ClN5OS/c1-3-14-20-18-24(21-14)17(25)16(26-18)15(12-5-4-6-13(19)11-12)23-9-7-22(2)8-10-23/h4-6,11,15,25H,3,7-10H2,1-2H3/p+2/t15-/m1/s1. The molecular formula is C18H24ClN5OS+2. The van der Waals surface area contributed by atoms with Crippen molar-refractivity contribution in [1.82, 2.24) is 14.6 Å². The Morgan fingerprint density at radius 3 is 2.73 bits per heavy atom. The van der Waals surface area contributed by atoms with E-state index in [1.165, 1.54) is 16.2 Å². The van der Waals surface area contributed by atoms with Crippen LogP contribution in [0.1, 0.15) is 29.2 Å². The number of hydrogen-bond acceptors (Lipinski definition) is 4. The molecule has 8 heteroatoms. The first-order chi connectivity index (χ1) is 12.6. The lowest BCUT2D eigenvalue weighted by molar-refractivity contribution is -1.02. The summed E-state index contributed by atoms with van der Waals surface area (Å²) >= 11 is 7.81. The number of aryl methyl sites for hydroxylation is 1. The predicted molar refractivity (Wildman–Crippen MR) is 103 cm³/mol. The van der Waals surface area contributed by atoms with Crippen molar-refractivity contribution in [3.05, 3.63) is 45.6 Å². The minimum atomic E-state index is 0.0420. The molecule has 1 aliphatic rings. The quantitative estimate of drug-likeness (QED) is 0.594. The maximum absolute atomic E-state index is 10.9. The summed E-state index contributed by atoms with van der Waals surface area (Å²) < 4.78 is 1.58. The van der Waals surface area contributed by atoms with Crippen molar-refractivity contribution in [3.8, 4) is 5.88 Å². The Balaban J connectivity index is 1.79. The van der Waals surface area contributed by atoms with Gasteiger partial charge in [0.25, 0.3) is 0 Å². The first-order valence-electron chi connectivity index (χ1n) is 9.05. The molecular weight excluding hydrogens is 370 g/mol. The lowest BCUT2D eigenvalue weighted by Crippen LogP contribution is -3.27. The molecule has 4 rings (SSSR count). The van der Waals surface area contributed by atoms with Gasteiger partial charge in [-0.05, 0) is 12.1 Å². The van der Waals surface area contributed by atoms with Gasteiger partial charge in [-0.25, -0.2) is 4.98 Å². The van der Waals surface area contributed by atoms with Crippen LogP contribution in [-0.4, -0.2) is 52.9 Å². The second kappa shape index (κ2) is 7.15. The lowest BCUT2D eigenvalue weighted by atomic mass is 10.0. The van der Waals surface area contributed by atoms with E-state index in [4.69, 9.17) is 11.6 Å². The van der Waals surface area contributed by atoms with Crippen LogP contribution in [0.25, 0.3) is 4.96 Å². The van der Waals surface area contributed by atoms with Gasteiger partial charge in [0.15, 0.2) is 11.9 Å². The van der Waals surface area contributed by atoms with Gasteiger partial charge in [-0.2, -0.15) is 4.52 Å². The van der Waals surface area contributed by atoms with E-state index in [1.807, 2.05) is 25.1 Å². The van der Waals surface area contributed by atoms with Gasteiger partial charge in [0, 0.05) is 17.0 Å². The summed E-state index contributed by atoms with van der Waals surface area (Å²) in [7, 11) is 2.23. The number of nitrogens with one attached hydrogen (secondary N) is 2. The molecule has 1 atom stereocenters. The van der Waals surface area contributed by atoms with Gasteiger partial charge < -0.3 is 14.9 Å². The zero-order valence-electron chi connectivity index (χ0n) is 15.0. The van der Waals surface area contributed by atoms with Gasteiger partial charge in [0.05, 0.1) is 7.05 Å². The van der Waals surface area contributed by atoms with Gasteiger partial charge in [0.2, 0.25) is 10.8 Å². The first-order valence-corrected chi connectivity index (χ1v) is 10.2. The number of rotatable bonds is 4. The van der Waals surface area contributed by atoms with Crippen LogP contribution in [0.4, 0.5) is 0 Å². The van der Waals surface area contributed by atoms with Crippen LogP contribution in [0.5, 0.6) is 5.88 Å². The van der Waals surface area contributed by atoms with Gasteiger partial charge in [-0.3, -0.25) is 0 Å². The van der Waals surface area contributed by atoms with Crippen molar-refractivity contribution in [3.63, 3.8) is 0 Å². The summed E-state index contributed by atoms with van der Waals surface area (Å²) in [6, 6.07) is 8.02. The van der Waals surface area contributed by atoms with Crippen LogP contribution in [0, 0.1) is 0 Å². The van der Waals surface area contributed by atoms with Crippen molar-refractivity contribution < 1.29 is 14.9 Å². The van der Waals surface area contributed by atoms with E-state index >= 15 is 0 Å². The Hall–Kier alpha value is -1.67. The molecule has 0 bridgehead atoms. The molecule has 26 heavy (non-hydrogen) atoms. The molecule has 0 unspecified atom stereocenters. The molecule has 1 aromatic carbocycles. The highest BCUT2D eigenvalue weighted by atomic mass is 35.5. The Bertz CT molecular complexity index is 916. The van der Waals surface area contributed by atoms with E-state index in [-0.39, 0.29) is 11.9 Å². The molecule has 0 saturated carbocycles. The molecule has 2 aromatic heterocycles. The zero-order valence-corrected chi connectivity index (χ0v) is 16.6. The highest BCUT2D eigenvalue weighted by Crippen LogP contribution is 2.35. The van der Waals surface area contributed by atoms with E-state index < -0.39 is 0 Å². The monoisotopic (exact) mass is 393 g/mol. The van der Waals surface area contributed by atoms with Crippen molar-refractivity contribution in [2.24, 2.45) is 0 Å². The Morgan fingerprint density at radius 2 is 2.08 bits per heavy atom. The number of aromatic nitrogens is 3. The number of quaternary nitrogens is 2. The van der Waals surface area contributed by atoms with Gasteiger partial charge >= 0.3 is 0 Å². The van der Waals surface area contributed by atoms with Crippen molar-refractivity contribution in [2.45, 2.75) is 19.4 Å². The summed E-state index contributed by atoms with van der Waals surface area (Å²) in [5.74, 6) is 0.967. The average molecular weight is 394 g/mol. The SMILES string of the molecule is CCc1nc2sc([C@@H](c3cccc(Cl)c3)[NH+]3CC[NH+](C)CC3)c(O)n2n1. The van der Waals surface area contributed by atoms with Crippen LogP contribution in [-0.2, 0) is 6.42 Å². The second-order valence-corrected chi connectivity index (χ2v) is 8.41. The average Bonchev–Trinajstić information content (AvgIpc) is 3.17. The molecule has 0 aliphatic carbocycles. The predicted octanol–water partition coefficient (Wildman–Crippen LogP) is 0.215. The summed E-state index contributed by atoms with van der Waals surface area (Å²) in [4.78, 5) is 9.21. The van der Waals surface area contributed by atoms with E-state index in [0.717, 1.165) is 58.8 Å². The van der Waals surface area contributed by atoms with E-state index in [1.54, 1.807) is 9.42 Å². The molecule has 3 N–H and O–H groups in total. The molecule has 1 fully saturated rings. The van der Waals surface area contributed by atoms with Crippen molar-refractivity contribution >= 4 is 27.9 Å². The fourth-order valence-corrected chi connectivity index (χ4v) is 5.03. The third-order valence-corrected chi connectivity index (χ3v) is 6.48. The number of nitrogens with zero attached hydrogens (tertiary/aromatic N) is 3. The fourth-order valence-electron chi connectivity index (χ4n) is 3.67. The topological polar surface area (TPSA) is 59.3 Å². The molecule has 0 amide bonds. The number of fused-ring (bicyclic) bond motifs is 1. The summed E-state index contributed by atoms with van der Waals surface area (Å²) in [5.41, 5.74) is 1.13. The fraction of sp³-hybridized carbons (Fsp3) is 0.444. The maximum atomic E-state index is 10.9. The second-order valence-electron chi connectivity index (χ2n) is 6.97. The number of piperazine rings is 1. The van der Waals surface area contributed by atoms with Crippen LogP contribution >= 0.6 is 22.9 Å². The van der Waals surface area contributed by atoms with E-state index in [9.17, 15) is 5.11 Å². The highest BCUT2D eigenvalue weighted by Gasteiger charge is 2.35. The zero-order chi connectivity index (χ0) is 18.3. The molecule has 138 valence electrons. The highest BCUT2D eigenvalue weighted by molar-refractivity contribution is 7.17. The number of hydrogen-bond donors (Lipinski definition) is 3. The van der Waals surface area contributed by atoms with Crippen molar-refractivity contribution in [2.75, 3.05) is 33.2 Å². The molecule has 1 aliphatic heterocycles. The molecule has 3 heterocycles. The number of halogens is 1. The van der Waals surface area contributed by atoms with E-state index in [2.05, 4.69) is 23.2 Å². The van der Waals surface area contributed by atoms with Crippen LogP contribution in [0.3, 0.4) is 0 Å². The number of aromatic hydroxyl groups is 1. The minimum absolute atomic E-state index is 0.0420. The van der Waals surface area contributed by atoms with Crippen LogP contribution in [0.15, 0.2) is 24.3 Å². The number of benzene rings is 1. The van der Waals surface area contributed by atoms with Gasteiger partial charge in [-0.15, -0.1) is 5.10 Å². The number of thiazole rings is 1. The van der Waals surface area contributed by atoms with Crippen LogP contribution < -0.4 is 9.80 Å². The third-order valence-electron chi connectivity index (χ3n) is 5.16. The van der Waals surface area contributed by atoms with Crippen molar-refractivity contribution in [1.29, 1.82) is 0 Å². The Kier molecular flexibility index (Phi) is 4.88. The largest absolute Gasteiger partial charge is 0.492 e. The molecule has 6 nitrogen and oxygen atoms in total. The molecule has 0 radical (unpaired) electrons. The first kappa shape index (κ1) is 17.7. The summed E-state index contributed by atoms with van der Waals surface area (Å²) in [6.45, 7) is 6.36. The van der Waals surface area contributed by atoms with E-state index in [0.29, 0.717) is 0 Å². The normalized spacial score (nSPS) is 22.0. The number of likely N-dealkylation sites (N-methyl/N-ethyl adjacent to an activating group) is 1. The Morgan fingerprint density at radius 1 is 1.31 bits per heavy atom. The molecule has 0 spiro atoms. The Labute approximate surface area is 161 Å². The smallest absolute Gasteiger partial charge is 0.235 e. The van der Waals surface area contributed by atoms with Gasteiger partial charge in [-0.1, -0.05) is 42.0 Å². The maximum Gasteiger partial charge on any atom is 0.235 e. The third kappa shape index (κ3) is 3.20. The molecule has 1 saturated heterocycles. The molecule has 3 aromatic rings. The van der Waals surface area contributed by atoms with Gasteiger partial charge in [0.1, 0.15) is 31.1 Å². The summed E-state index contributed by atoms with van der Waals surface area (Å²) in [6.07, 6.45) is 0.757. The minimum Gasteiger partial charge on any atom is -0.492 e. The van der Waals surface area contributed by atoms with Crippen LogP contribution in [0.2, 0.25) is 5.02 Å². The summed E-state index contributed by atoms with van der Waals surface area (Å²) in [5, 5.41) is 16.1. The lowest BCUT2D eigenvalue weighted by Gasteiger charge is -2.33.